The predicted octanol–water partition coefficient (Wildman–Crippen LogP) is 2.50. The number of aliphatic hydroxyl groups is 2. The number of nitrogens with zero attached hydrogens (tertiary/aromatic N) is 2. The van der Waals surface area contributed by atoms with E-state index in [1.54, 1.807) is 6.07 Å². The van der Waals surface area contributed by atoms with Gasteiger partial charge in [-0.2, -0.15) is 0 Å². The Bertz CT molecular complexity index is 733. The first-order valence-electron chi connectivity index (χ1n) is 7.86. The molecule has 0 spiro atoms. The quantitative estimate of drug-likeness (QED) is 0.913. The van der Waals surface area contributed by atoms with Gasteiger partial charge in [0.2, 0.25) is 0 Å². The smallest absolute Gasteiger partial charge is 0.149 e. The van der Waals surface area contributed by atoms with Crippen molar-refractivity contribution in [2.75, 3.05) is 31.2 Å². The highest BCUT2D eigenvalue weighted by molar-refractivity contribution is 5.92. The van der Waals surface area contributed by atoms with E-state index in [0.717, 1.165) is 16.8 Å². The molecule has 2 atom stereocenters. The summed E-state index contributed by atoms with van der Waals surface area (Å²) in [5.74, 6) is -0.332. The van der Waals surface area contributed by atoms with Crippen molar-refractivity contribution in [2.24, 2.45) is 10.8 Å². The number of hydrogen-bond acceptors (Lipinski definition) is 4. The fourth-order valence-corrected chi connectivity index (χ4v) is 3.51. The van der Waals surface area contributed by atoms with Crippen LogP contribution in [0.15, 0.2) is 24.3 Å². The molecule has 0 saturated carbocycles. The van der Waals surface area contributed by atoms with Gasteiger partial charge in [0.05, 0.1) is 13.2 Å². The highest BCUT2D eigenvalue weighted by Crippen LogP contribution is 2.47. The average Bonchev–Trinajstić information content (AvgIpc) is 2.80. The van der Waals surface area contributed by atoms with Crippen molar-refractivity contribution in [3.63, 3.8) is 0 Å². The van der Waals surface area contributed by atoms with Crippen LogP contribution in [0.4, 0.5) is 10.1 Å². The number of para-hydroxylation sites is 1. The van der Waals surface area contributed by atoms with Crippen molar-refractivity contribution in [1.29, 1.82) is 0 Å². The monoisotopic (exact) mass is 318 g/mol. The topological polar surface area (TPSA) is 56.6 Å². The summed E-state index contributed by atoms with van der Waals surface area (Å²) in [7, 11) is 0. The van der Waals surface area contributed by atoms with E-state index >= 15 is 0 Å². The molecule has 124 valence electrons. The van der Waals surface area contributed by atoms with Crippen LogP contribution in [0.2, 0.25) is 0 Å². The van der Waals surface area contributed by atoms with Crippen LogP contribution in [0.1, 0.15) is 19.5 Å². The van der Waals surface area contributed by atoms with Gasteiger partial charge < -0.3 is 15.1 Å². The first-order valence-corrected chi connectivity index (χ1v) is 7.86. The Morgan fingerprint density at radius 3 is 2.35 bits per heavy atom. The van der Waals surface area contributed by atoms with E-state index in [0.29, 0.717) is 18.6 Å². The number of benzene rings is 1. The summed E-state index contributed by atoms with van der Waals surface area (Å²) in [4.78, 5) is 6.45. The summed E-state index contributed by atoms with van der Waals surface area (Å²) in [5.41, 5.74) is 1.19. The summed E-state index contributed by atoms with van der Waals surface area (Å²) in [6.45, 7) is 7.03. The minimum absolute atomic E-state index is 0.00306. The third-order valence-corrected chi connectivity index (χ3v) is 5.47. The highest BCUT2D eigenvalue weighted by Gasteiger charge is 2.51. The number of rotatable bonds is 3. The molecule has 1 fully saturated rings. The summed E-state index contributed by atoms with van der Waals surface area (Å²) in [5, 5.41) is 20.5. The van der Waals surface area contributed by atoms with Crippen LogP contribution in [-0.4, -0.2) is 41.5 Å². The van der Waals surface area contributed by atoms with Gasteiger partial charge >= 0.3 is 0 Å². The number of aryl methyl sites for hydroxylation is 1. The van der Waals surface area contributed by atoms with Gasteiger partial charge in [0.25, 0.3) is 0 Å². The zero-order valence-electron chi connectivity index (χ0n) is 13.8. The average molecular weight is 318 g/mol. The summed E-state index contributed by atoms with van der Waals surface area (Å²) in [6.07, 6.45) is 0. The predicted molar refractivity (Wildman–Crippen MR) is 89.0 cm³/mol. The van der Waals surface area contributed by atoms with E-state index in [1.807, 2.05) is 32.9 Å². The lowest BCUT2D eigenvalue weighted by Gasteiger charge is -2.36. The molecule has 0 bridgehead atoms. The van der Waals surface area contributed by atoms with Gasteiger partial charge in [-0.1, -0.05) is 26.0 Å². The van der Waals surface area contributed by atoms with Crippen molar-refractivity contribution >= 4 is 16.6 Å². The van der Waals surface area contributed by atoms with Crippen molar-refractivity contribution in [1.82, 2.24) is 4.98 Å². The number of halogens is 1. The fraction of sp³-hybridized carbons (Fsp3) is 0.500. The maximum atomic E-state index is 14.1. The van der Waals surface area contributed by atoms with Crippen molar-refractivity contribution in [3.05, 3.63) is 35.8 Å². The molecule has 4 nitrogen and oxygen atoms in total. The number of anilines is 1. The second kappa shape index (κ2) is 5.42. The molecule has 2 heterocycles. The third kappa shape index (κ3) is 2.39. The highest BCUT2D eigenvalue weighted by atomic mass is 19.1. The van der Waals surface area contributed by atoms with Gasteiger partial charge in [0.1, 0.15) is 11.3 Å². The van der Waals surface area contributed by atoms with E-state index in [2.05, 4.69) is 9.88 Å². The van der Waals surface area contributed by atoms with E-state index in [-0.39, 0.29) is 19.0 Å². The lowest BCUT2D eigenvalue weighted by Crippen LogP contribution is -2.41. The minimum Gasteiger partial charge on any atom is -0.396 e. The van der Waals surface area contributed by atoms with Crippen LogP contribution in [0.25, 0.3) is 10.9 Å². The Morgan fingerprint density at radius 2 is 1.78 bits per heavy atom. The Labute approximate surface area is 135 Å². The summed E-state index contributed by atoms with van der Waals surface area (Å²) >= 11 is 0. The molecule has 1 aromatic carbocycles. The maximum absolute atomic E-state index is 14.1. The van der Waals surface area contributed by atoms with Crippen molar-refractivity contribution in [2.45, 2.75) is 20.8 Å². The molecule has 0 radical (unpaired) electrons. The normalized spacial score (nSPS) is 27.8. The Balaban J connectivity index is 2.14. The molecule has 23 heavy (non-hydrogen) atoms. The Morgan fingerprint density at radius 1 is 1.17 bits per heavy atom. The largest absolute Gasteiger partial charge is 0.396 e. The van der Waals surface area contributed by atoms with E-state index in [1.165, 1.54) is 6.07 Å². The van der Waals surface area contributed by atoms with Gasteiger partial charge in [-0.15, -0.1) is 0 Å². The third-order valence-electron chi connectivity index (χ3n) is 5.47. The number of aliphatic hydroxyl groups excluding tert-OH is 2. The lowest BCUT2D eigenvalue weighted by molar-refractivity contribution is 0.00976. The number of pyridine rings is 1. The van der Waals surface area contributed by atoms with Crippen LogP contribution in [-0.2, 0) is 0 Å². The van der Waals surface area contributed by atoms with Gasteiger partial charge in [-0.25, -0.2) is 9.37 Å². The van der Waals surface area contributed by atoms with Gasteiger partial charge in [0, 0.05) is 40.7 Å². The molecular weight excluding hydrogens is 295 g/mol. The van der Waals surface area contributed by atoms with E-state index in [4.69, 9.17) is 0 Å². The van der Waals surface area contributed by atoms with E-state index in [9.17, 15) is 14.6 Å². The SMILES string of the molecule is Cc1cc(N2C[C@](C)(CO)[C@](C)(CO)C2)c2cccc(F)c2n1. The maximum Gasteiger partial charge on any atom is 0.149 e. The molecule has 2 N–H and O–H groups in total. The van der Waals surface area contributed by atoms with Crippen LogP contribution >= 0.6 is 0 Å². The molecule has 1 aromatic heterocycles. The van der Waals surface area contributed by atoms with Crippen molar-refractivity contribution < 1.29 is 14.6 Å². The van der Waals surface area contributed by atoms with Gasteiger partial charge in [-0.05, 0) is 19.1 Å². The molecular formula is C18H23FN2O2. The van der Waals surface area contributed by atoms with Crippen LogP contribution < -0.4 is 4.90 Å². The second-order valence-electron chi connectivity index (χ2n) is 7.21. The van der Waals surface area contributed by atoms with Crippen LogP contribution in [0.5, 0.6) is 0 Å². The Kier molecular flexibility index (Phi) is 3.81. The molecule has 0 unspecified atom stereocenters. The zero-order valence-corrected chi connectivity index (χ0v) is 13.8. The minimum atomic E-state index is -0.418. The lowest BCUT2D eigenvalue weighted by atomic mass is 9.69. The second-order valence-corrected chi connectivity index (χ2v) is 7.21. The molecule has 0 aliphatic carbocycles. The van der Waals surface area contributed by atoms with Gasteiger partial charge in [0.15, 0.2) is 0 Å². The Hall–Kier alpha value is -1.72. The first-order chi connectivity index (χ1) is 10.8. The number of aromatic nitrogens is 1. The molecule has 1 saturated heterocycles. The van der Waals surface area contributed by atoms with Gasteiger partial charge in [-0.3, -0.25) is 0 Å². The zero-order chi connectivity index (χ0) is 16.8. The van der Waals surface area contributed by atoms with Crippen LogP contribution in [0, 0.1) is 23.6 Å². The summed E-state index contributed by atoms with van der Waals surface area (Å²) < 4.78 is 14.1. The molecule has 1 aliphatic rings. The summed E-state index contributed by atoms with van der Waals surface area (Å²) in [6, 6.07) is 6.91. The molecule has 1 aliphatic heterocycles. The first kappa shape index (κ1) is 16.1. The van der Waals surface area contributed by atoms with Crippen molar-refractivity contribution in [3.8, 4) is 0 Å². The molecule has 2 aromatic rings. The molecule has 0 amide bonds. The number of fused-ring (bicyclic) bond motifs is 1. The van der Waals surface area contributed by atoms with Crippen LogP contribution in [0.3, 0.4) is 0 Å². The van der Waals surface area contributed by atoms with E-state index < -0.39 is 10.8 Å². The fourth-order valence-electron chi connectivity index (χ4n) is 3.51. The molecule has 3 rings (SSSR count). The molecule has 5 heteroatoms. The standard InChI is InChI=1S/C18H23FN2O2/c1-12-7-15(13-5-4-6-14(19)16(13)20-12)21-8-17(2,10-22)18(3,9-21)11-23/h4-7,22-23H,8-11H2,1-3H3/t17-,18+. The number of hydrogen-bond donors (Lipinski definition) is 2.